The molecule has 148 valence electrons. The van der Waals surface area contributed by atoms with Gasteiger partial charge in [-0.15, -0.1) is 0 Å². The zero-order valence-electron chi connectivity index (χ0n) is 16.5. The van der Waals surface area contributed by atoms with Crippen LogP contribution in [0.25, 0.3) is 0 Å². The molecule has 0 fully saturated rings. The SMILES string of the molecule is CC(C)Oc1cccc(NC(=S)NC(=O)C(c2ccccc2)c2ccccc2)c1. The fourth-order valence-electron chi connectivity index (χ4n) is 3.05. The molecule has 1 amide bonds. The lowest BCUT2D eigenvalue weighted by atomic mass is 9.90. The molecule has 4 nitrogen and oxygen atoms in total. The molecule has 3 rings (SSSR count). The molecule has 5 heteroatoms. The number of amides is 1. The molecule has 0 bridgehead atoms. The summed E-state index contributed by atoms with van der Waals surface area (Å²) in [5.41, 5.74) is 2.57. The lowest BCUT2D eigenvalue weighted by molar-refractivity contribution is -0.120. The molecule has 0 aromatic heterocycles. The third kappa shape index (κ3) is 5.90. The van der Waals surface area contributed by atoms with Gasteiger partial charge in [-0.25, -0.2) is 0 Å². The van der Waals surface area contributed by atoms with E-state index in [1.807, 2.05) is 98.8 Å². The van der Waals surface area contributed by atoms with E-state index in [0.29, 0.717) is 0 Å². The van der Waals surface area contributed by atoms with Gasteiger partial charge in [0.1, 0.15) is 5.75 Å². The van der Waals surface area contributed by atoms with Gasteiger partial charge in [-0.1, -0.05) is 66.7 Å². The van der Waals surface area contributed by atoms with Crippen LogP contribution in [0.1, 0.15) is 30.9 Å². The first-order valence-corrected chi connectivity index (χ1v) is 9.92. The summed E-state index contributed by atoms with van der Waals surface area (Å²) in [7, 11) is 0. The molecule has 0 saturated carbocycles. The molecule has 2 N–H and O–H groups in total. The molecule has 0 heterocycles. The molecule has 0 aliphatic carbocycles. The van der Waals surface area contributed by atoms with Gasteiger partial charge in [-0.05, 0) is 49.3 Å². The number of nitrogens with one attached hydrogen (secondary N) is 2. The van der Waals surface area contributed by atoms with Crippen molar-refractivity contribution in [2.24, 2.45) is 0 Å². The summed E-state index contributed by atoms with van der Waals surface area (Å²) in [4.78, 5) is 13.1. The Kier molecular flexibility index (Phi) is 6.98. The highest BCUT2D eigenvalue weighted by molar-refractivity contribution is 7.80. The summed E-state index contributed by atoms with van der Waals surface area (Å²) in [5, 5.41) is 6.13. The predicted octanol–water partition coefficient (Wildman–Crippen LogP) is 5.12. The molecule has 0 saturated heterocycles. The highest BCUT2D eigenvalue weighted by Crippen LogP contribution is 2.25. The van der Waals surface area contributed by atoms with E-state index in [-0.39, 0.29) is 17.1 Å². The van der Waals surface area contributed by atoms with Crippen molar-refractivity contribution >= 4 is 28.9 Å². The number of ether oxygens (including phenoxy) is 1. The van der Waals surface area contributed by atoms with E-state index < -0.39 is 5.92 Å². The van der Waals surface area contributed by atoms with Crippen molar-refractivity contribution in [1.82, 2.24) is 5.32 Å². The Bertz CT molecular complexity index is 919. The van der Waals surface area contributed by atoms with Gasteiger partial charge in [0.15, 0.2) is 5.11 Å². The second-order valence-electron chi connectivity index (χ2n) is 6.89. The van der Waals surface area contributed by atoms with E-state index in [4.69, 9.17) is 17.0 Å². The van der Waals surface area contributed by atoms with E-state index in [1.165, 1.54) is 0 Å². The third-order valence-electron chi connectivity index (χ3n) is 4.23. The largest absolute Gasteiger partial charge is 0.491 e. The van der Waals surface area contributed by atoms with E-state index >= 15 is 0 Å². The Labute approximate surface area is 176 Å². The zero-order valence-corrected chi connectivity index (χ0v) is 17.3. The molecule has 0 aliphatic rings. The smallest absolute Gasteiger partial charge is 0.238 e. The Hall–Kier alpha value is -3.18. The predicted molar refractivity (Wildman–Crippen MR) is 121 cm³/mol. The minimum atomic E-state index is -0.451. The number of anilines is 1. The lowest BCUT2D eigenvalue weighted by Crippen LogP contribution is -2.37. The van der Waals surface area contributed by atoms with E-state index in [9.17, 15) is 4.79 Å². The molecule has 29 heavy (non-hydrogen) atoms. The summed E-state index contributed by atoms with van der Waals surface area (Å²) >= 11 is 5.38. The number of hydrogen-bond donors (Lipinski definition) is 2. The Morgan fingerprint density at radius 2 is 1.45 bits per heavy atom. The molecular formula is C24H24N2O2S. The number of benzene rings is 3. The van der Waals surface area contributed by atoms with Crippen molar-refractivity contribution < 1.29 is 9.53 Å². The van der Waals surface area contributed by atoms with Gasteiger partial charge in [-0.3, -0.25) is 4.79 Å². The first-order valence-electron chi connectivity index (χ1n) is 9.51. The molecular weight excluding hydrogens is 380 g/mol. The van der Waals surface area contributed by atoms with Crippen molar-refractivity contribution in [1.29, 1.82) is 0 Å². The first-order chi connectivity index (χ1) is 14.0. The first kappa shape index (κ1) is 20.6. The standard InChI is InChI=1S/C24H24N2O2S/c1-17(2)28-21-15-9-14-20(16-21)25-24(29)26-23(27)22(18-10-5-3-6-11-18)19-12-7-4-8-13-19/h3-17,22H,1-2H3,(H2,25,26,27,29). The minimum Gasteiger partial charge on any atom is -0.491 e. The van der Waals surface area contributed by atoms with Gasteiger partial charge in [-0.2, -0.15) is 0 Å². The van der Waals surface area contributed by atoms with Crippen LogP contribution in [0.4, 0.5) is 5.69 Å². The number of thiocarbonyl (C=S) groups is 1. The van der Waals surface area contributed by atoms with Crippen LogP contribution in [0.5, 0.6) is 5.75 Å². The molecule has 0 radical (unpaired) electrons. The van der Waals surface area contributed by atoms with Crippen molar-refractivity contribution in [3.05, 3.63) is 96.1 Å². The summed E-state index contributed by atoms with van der Waals surface area (Å²) in [6.07, 6.45) is 0.0782. The van der Waals surface area contributed by atoms with Crippen LogP contribution in [-0.4, -0.2) is 17.1 Å². The van der Waals surface area contributed by atoms with Gasteiger partial charge in [0.05, 0.1) is 12.0 Å². The summed E-state index contributed by atoms with van der Waals surface area (Å²) in [6.45, 7) is 3.94. The molecule has 0 atom stereocenters. The van der Waals surface area contributed by atoms with Crippen molar-refractivity contribution in [2.45, 2.75) is 25.9 Å². The maximum Gasteiger partial charge on any atom is 0.238 e. The van der Waals surface area contributed by atoms with Crippen LogP contribution < -0.4 is 15.4 Å². The van der Waals surface area contributed by atoms with Crippen molar-refractivity contribution in [3.63, 3.8) is 0 Å². The second-order valence-corrected chi connectivity index (χ2v) is 7.30. The normalized spacial score (nSPS) is 10.6. The van der Waals surface area contributed by atoms with Crippen LogP contribution in [0.15, 0.2) is 84.9 Å². The van der Waals surface area contributed by atoms with Crippen LogP contribution in [0.3, 0.4) is 0 Å². The van der Waals surface area contributed by atoms with E-state index in [2.05, 4.69) is 10.6 Å². The van der Waals surface area contributed by atoms with Crippen molar-refractivity contribution in [2.75, 3.05) is 5.32 Å². The lowest BCUT2D eigenvalue weighted by Gasteiger charge is -2.19. The van der Waals surface area contributed by atoms with Crippen LogP contribution in [0, 0.1) is 0 Å². The summed E-state index contributed by atoms with van der Waals surface area (Å²) in [5.74, 6) is 0.104. The summed E-state index contributed by atoms with van der Waals surface area (Å²) < 4.78 is 5.70. The van der Waals surface area contributed by atoms with Gasteiger partial charge in [0.25, 0.3) is 0 Å². The maximum atomic E-state index is 13.1. The number of hydrogen-bond acceptors (Lipinski definition) is 3. The van der Waals surface area contributed by atoms with Gasteiger partial charge in [0.2, 0.25) is 5.91 Å². The van der Waals surface area contributed by atoms with Crippen LogP contribution in [-0.2, 0) is 4.79 Å². The fraction of sp³-hybridized carbons (Fsp3) is 0.167. The minimum absolute atomic E-state index is 0.0782. The Morgan fingerprint density at radius 1 is 0.862 bits per heavy atom. The van der Waals surface area contributed by atoms with E-state index in [0.717, 1.165) is 22.6 Å². The number of carbonyl (C=O) groups is 1. The highest BCUT2D eigenvalue weighted by atomic mass is 32.1. The number of rotatable bonds is 6. The Morgan fingerprint density at radius 3 is 2.00 bits per heavy atom. The van der Waals surface area contributed by atoms with Crippen molar-refractivity contribution in [3.8, 4) is 5.75 Å². The van der Waals surface area contributed by atoms with Crippen LogP contribution in [0.2, 0.25) is 0 Å². The number of carbonyl (C=O) groups excluding carboxylic acids is 1. The topological polar surface area (TPSA) is 50.4 Å². The maximum absolute atomic E-state index is 13.1. The molecule has 3 aromatic rings. The summed E-state index contributed by atoms with van der Waals surface area (Å²) in [6, 6.07) is 26.8. The van der Waals surface area contributed by atoms with Gasteiger partial charge < -0.3 is 15.4 Å². The highest BCUT2D eigenvalue weighted by Gasteiger charge is 2.23. The Balaban J connectivity index is 1.74. The quantitative estimate of drug-likeness (QED) is 0.560. The van der Waals surface area contributed by atoms with Gasteiger partial charge >= 0.3 is 0 Å². The zero-order chi connectivity index (χ0) is 20.6. The molecule has 0 spiro atoms. The monoisotopic (exact) mass is 404 g/mol. The molecule has 3 aromatic carbocycles. The third-order valence-corrected chi connectivity index (χ3v) is 4.43. The van der Waals surface area contributed by atoms with Crippen LogP contribution >= 0.6 is 12.2 Å². The molecule has 0 unspecified atom stereocenters. The fourth-order valence-corrected chi connectivity index (χ4v) is 3.27. The average Bonchev–Trinajstić information content (AvgIpc) is 2.69. The average molecular weight is 405 g/mol. The second kappa shape index (κ2) is 9.85. The van der Waals surface area contributed by atoms with Gasteiger partial charge in [0, 0.05) is 11.8 Å². The van der Waals surface area contributed by atoms with E-state index in [1.54, 1.807) is 0 Å². The molecule has 0 aliphatic heterocycles.